The Balaban J connectivity index is 1.06. The van der Waals surface area contributed by atoms with Crippen molar-refractivity contribution in [2.75, 3.05) is 32.5 Å². The number of piperazine rings is 1. The molecule has 2 heterocycles. The number of methoxy groups -OCH3 is 1. The van der Waals surface area contributed by atoms with Crippen LogP contribution in [0.5, 0.6) is 5.75 Å². The van der Waals surface area contributed by atoms with Crippen LogP contribution in [-0.4, -0.2) is 74.9 Å². The van der Waals surface area contributed by atoms with Crippen molar-refractivity contribution in [3.63, 3.8) is 0 Å². The van der Waals surface area contributed by atoms with Crippen LogP contribution in [0.15, 0.2) is 120 Å². The summed E-state index contributed by atoms with van der Waals surface area (Å²) in [6, 6.07) is 38.0. The average molecular weight is 660 g/mol. The predicted molar refractivity (Wildman–Crippen MR) is 190 cm³/mol. The minimum atomic E-state index is -0.373. The van der Waals surface area contributed by atoms with E-state index in [1.807, 2.05) is 120 Å². The third kappa shape index (κ3) is 7.80. The lowest BCUT2D eigenvalue weighted by Gasteiger charge is -2.41. The van der Waals surface area contributed by atoms with Crippen molar-refractivity contribution in [2.45, 2.75) is 43.3 Å². The zero-order valence-corrected chi connectivity index (χ0v) is 28.3. The number of amides is 2. The molecule has 0 bridgehead atoms. The molecule has 1 unspecified atom stereocenters. The Kier molecular flexibility index (Phi) is 10.9. The number of hydrogen-bond donors (Lipinski definition) is 0. The smallest absolute Gasteiger partial charge is 0.234 e. The monoisotopic (exact) mass is 659 g/mol. The molecule has 6 rings (SSSR count). The van der Waals surface area contributed by atoms with E-state index in [9.17, 15) is 9.59 Å². The number of ether oxygens (including phenoxy) is 1. The third-order valence-corrected chi connectivity index (χ3v) is 9.79. The molecule has 4 aromatic carbocycles. The predicted octanol–water partition coefficient (Wildman–Crippen LogP) is 6.63. The summed E-state index contributed by atoms with van der Waals surface area (Å²) < 4.78 is 7.46. The molecule has 1 aliphatic rings. The van der Waals surface area contributed by atoms with Crippen LogP contribution in [-0.2, 0) is 16.0 Å². The highest BCUT2D eigenvalue weighted by Crippen LogP contribution is 2.29. The van der Waals surface area contributed by atoms with Gasteiger partial charge in [0.15, 0.2) is 5.16 Å². The van der Waals surface area contributed by atoms with Gasteiger partial charge in [-0.25, -0.2) is 0 Å². The summed E-state index contributed by atoms with van der Waals surface area (Å²) in [4.78, 5) is 31.2. The zero-order chi connectivity index (χ0) is 33.3. The zero-order valence-electron chi connectivity index (χ0n) is 27.4. The second-order valence-corrected chi connectivity index (χ2v) is 13.1. The van der Waals surface area contributed by atoms with Crippen LogP contribution in [0.1, 0.15) is 48.2 Å². The first-order valence-corrected chi connectivity index (χ1v) is 17.4. The molecule has 0 saturated carbocycles. The minimum absolute atomic E-state index is 0.0782. The van der Waals surface area contributed by atoms with Gasteiger partial charge in [0.1, 0.15) is 11.6 Å². The molecular weight excluding hydrogens is 619 g/mol. The van der Waals surface area contributed by atoms with E-state index in [1.54, 1.807) is 18.9 Å². The highest BCUT2D eigenvalue weighted by molar-refractivity contribution is 7.99. The Morgan fingerprint density at radius 1 is 0.833 bits per heavy atom. The number of thioether (sulfide) groups is 1. The molecule has 2 amide bonds. The molecule has 48 heavy (non-hydrogen) atoms. The molecule has 5 aromatic rings. The number of carbonyl (C=O) groups is 2. The van der Waals surface area contributed by atoms with Crippen LogP contribution < -0.4 is 4.74 Å². The molecular formula is C39H41N5O3S. The van der Waals surface area contributed by atoms with E-state index in [0.29, 0.717) is 38.9 Å². The number of nitrogens with zero attached hydrogens (tertiary/aromatic N) is 5. The van der Waals surface area contributed by atoms with Gasteiger partial charge < -0.3 is 14.5 Å². The maximum absolute atomic E-state index is 14.0. The standard InChI is InChI=1S/C39H41N5O3S/c1-29-28-42(24-25-43(29)38(46)37(31-15-8-4-9-16-31)32-17-10-5-11-18-32)36(45)19-12-26-48-39-41-40-35(27-30-13-6-3-7-14-30)44(39)33-20-22-34(47-2)23-21-33/h3-11,13-18,20-23,29,37H,12,19,24-28H2,1-2H3. The Labute approximate surface area is 286 Å². The van der Waals surface area contributed by atoms with Crippen LogP contribution in [0.3, 0.4) is 0 Å². The Hall–Kier alpha value is -4.89. The normalized spacial score (nSPS) is 14.7. The number of aromatic nitrogens is 3. The van der Waals surface area contributed by atoms with Gasteiger partial charge >= 0.3 is 0 Å². The fraction of sp³-hybridized carbons (Fsp3) is 0.282. The maximum atomic E-state index is 14.0. The molecule has 0 aliphatic carbocycles. The van der Waals surface area contributed by atoms with Gasteiger partial charge in [-0.2, -0.15) is 0 Å². The average Bonchev–Trinajstić information content (AvgIpc) is 3.53. The van der Waals surface area contributed by atoms with Gasteiger partial charge in [0.2, 0.25) is 11.8 Å². The SMILES string of the molecule is COc1ccc(-n2c(Cc3ccccc3)nnc2SCCCC(=O)N2CCN(C(=O)C(c3ccccc3)c3ccccc3)C(C)C2)cc1. The fourth-order valence-corrected chi connectivity index (χ4v) is 7.18. The largest absolute Gasteiger partial charge is 0.497 e. The van der Waals surface area contributed by atoms with Crippen molar-refractivity contribution in [1.29, 1.82) is 0 Å². The molecule has 0 N–H and O–H groups in total. The quantitative estimate of drug-likeness (QED) is 0.111. The Morgan fingerprint density at radius 2 is 1.46 bits per heavy atom. The van der Waals surface area contributed by atoms with Crippen molar-refractivity contribution in [3.8, 4) is 11.4 Å². The van der Waals surface area contributed by atoms with E-state index >= 15 is 0 Å². The van der Waals surface area contributed by atoms with Crippen molar-refractivity contribution in [2.24, 2.45) is 0 Å². The number of hydrogen-bond acceptors (Lipinski definition) is 6. The van der Waals surface area contributed by atoms with Crippen LogP contribution >= 0.6 is 11.8 Å². The van der Waals surface area contributed by atoms with Gasteiger partial charge in [-0.1, -0.05) is 103 Å². The first kappa shape index (κ1) is 33.0. The molecule has 1 saturated heterocycles. The summed E-state index contributed by atoms with van der Waals surface area (Å²) in [5, 5.41) is 9.89. The summed E-state index contributed by atoms with van der Waals surface area (Å²) in [5.74, 6) is 2.20. The van der Waals surface area contributed by atoms with Crippen molar-refractivity contribution >= 4 is 23.6 Å². The molecule has 1 atom stereocenters. The molecule has 0 radical (unpaired) electrons. The van der Waals surface area contributed by atoms with Gasteiger partial charge in [0.05, 0.1) is 13.0 Å². The van der Waals surface area contributed by atoms with Crippen LogP contribution in [0.25, 0.3) is 5.69 Å². The molecule has 246 valence electrons. The second-order valence-electron chi connectivity index (χ2n) is 12.0. The van der Waals surface area contributed by atoms with Crippen LogP contribution in [0.4, 0.5) is 0 Å². The molecule has 0 spiro atoms. The van der Waals surface area contributed by atoms with Gasteiger partial charge in [0.25, 0.3) is 0 Å². The summed E-state index contributed by atoms with van der Waals surface area (Å²) >= 11 is 1.61. The number of benzene rings is 4. The summed E-state index contributed by atoms with van der Waals surface area (Å²) in [6.07, 6.45) is 1.81. The lowest BCUT2D eigenvalue weighted by atomic mass is 9.89. The van der Waals surface area contributed by atoms with E-state index in [4.69, 9.17) is 4.74 Å². The van der Waals surface area contributed by atoms with E-state index in [0.717, 1.165) is 44.9 Å². The van der Waals surface area contributed by atoms with Gasteiger partial charge in [-0.3, -0.25) is 14.2 Å². The molecule has 1 aliphatic heterocycles. The van der Waals surface area contributed by atoms with Gasteiger partial charge in [-0.05, 0) is 54.3 Å². The highest BCUT2D eigenvalue weighted by atomic mass is 32.2. The first-order chi connectivity index (χ1) is 23.5. The Morgan fingerprint density at radius 3 is 2.06 bits per heavy atom. The maximum Gasteiger partial charge on any atom is 0.234 e. The number of rotatable bonds is 12. The number of carbonyl (C=O) groups excluding carboxylic acids is 2. The lowest BCUT2D eigenvalue weighted by molar-refractivity contribution is -0.142. The highest BCUT2D eigenvalue weighted by Gasteiger charge is 2.34. The van der Waals surface area contributed by atoms with Crippen molar-refractivity contribution < 1.29 is 14.3 Å². The van der Waals surface area contributed by atoms with E-state index in [2.05, 4.69) is 26.9 Å². The van der Waals surface area contributed by atoms with Crippen LogP contribution in [0.2, 0.25) is 0 Å². The van der Waals surface area contributed by atoms with Crippen molar-refractivity contribution in [3.05, 3.63) is 138 Å². The van der Waals surface area contributed by atoms with Gasteiger partial charge in [0, 0.05) is 50.0 Å². The molecule has 1 aromatic heterocycles. The topological polar surface area (TPSA) is 80.6 Å². The second kappa shape index (κ2) is 15.8. The molecule has 8 nitrogen and oxygen atoms in total. The van der Waals surface area contributed by atoms with E-state index < -0.39 is 0 Å². The van der Waals surface area contributed by atoms with Crippen LogP contribution in [0, 0.1) is 0 Å². The Bertz CT molecular complexity index is 1740. The molecule has 9 heteroatoms. The summed E-state index contributed by atoms with van der Waals surface area (Å²) in [6.45, 7) is 3.63. The summed E-state index contributed by atoms with van der Waals surface area (Å²) in [5.41, 5.74) is 4.08. The molecule has 1 fully saturated rings. The summed E-state index contributed by atoms with van der Waals surface area (Å²) in [7, 11) is 1.66. The third-order valence-electron chi connectivity index (χ3n) is 8.78. The minimum Gasteiger partial charge on any atom is -0.497 e. The first-order valence-electron chi connectivity index (χ1n) is 16.5. The fourth-order valence-electron chi connectivity index (χ4n) is 6.27. The van der Waals surface area contributed by atoms with Gasteiger partial charge in [-0.15, -0.1) is 10.2 Å². The lowest BCUT2D eigenvalue weighted by Crippen LogP contribution is -2.56. The van der Waals surface area contributed by atoms with E-state index in [1.165, 1.54) is 0 Å². The van der Waals surface area contributed by atoms with Crippen molar-refractivity contribution in [1.82, 2.24) is 24.6 Å². The van der Waals surface area contributed by atoms with E-state index in [-0.39, 0.29) is 23.8 Å².